The Morgan fingerprint density at radius 2 is 2.15 bits per heavy atom. The molecule has 1 N–H and O–H groups in total. The quantitative estimate of drug-likeness (QED) is 0.713. The van der Waals surface area contributed by atoms with Crippen LogP contribution in [0.2, 0.25) is 0 Å². The highest BCUT2D eigenvalue weighted by Crippen LogP contribution is 2.18. The first-order valence-corrected chi connectivity index (χ1v) is 5.11. The highest BCUT2D eigenvalue weighted by Gasteiger charge is 2.21. The summed E-state index contributed by atoms with van der Waals surface area (Å²) in [5, 5.41) is 3.01. The van der Waals surface area contributed by atoms with Crippen LogP contribution in [0.15, 0.2) is 0 Å². The lowest BCUT2D eigenvalue weighted by molar-refractivity contribution is 0.191. The Balaban J connectivity index is 2.20. The van der Waals surface area contributed by atoms with Crippen molar-refractivity contribution in [1.82, 2.24) is 10.2 Å². The van der Waals surface area contributed by atoms with E-state index in [1.54, 1.807) is 4.90 Å². The van der Waals surface area contributed by atoms with Crippen molar-refractivity contribution in [2.75, 3.05) is 13.6 Å². The summed E-state index contributed by atoms with van der Waals surface area (Å²) in [6, 6.07) is 0.528. The lowest BCUT2D eigenvalue weighted by atomic mass is 9.93. The lowest BCUT2D eigenvalue weighted by Crippen LogP contribution is -2.46. The van der Waals surface area contributed by atoms with Gasteiger partial charge in [-0.25, -0.2) is 4.79 Å². The third kappa shape index (κ3) is 3.25. The van der Waals surface area contributed by atoms with Gasteiger partial charge in [-0.1, -0.05) is 13.8 Å². The zero-order valence-electron chi connectivity index (χ0n) is 8.84. The fourth-order valence-electron chi connectivity index (χ4n) is 1.47. The molecule has 0 spiro atoms. The smallest absolute Gasteiger partial charge is 0.317 e. The minimum atomic E-state index is 0.0819. The van der Waals surface area contributed by atoms with E-state index in [0.29, 0.717) is 12.0 Å². The van der Waals surface area contributed by atoms with Crippen molar-refractivity contribution in [3.63, 3.8) is 0 Å². The molecule has 1 saturated carbocycles. The maximum absolute atomic E-state index is 11.5. The van der Waals surface area contributed by atoms with E-state index >= 15 is 0 Å². The van der Waals surface area contributed by atoms with Crippen LogP contribution >= 0.6 is 0 Å². The molecule has 1 aliphatic carbocycles. The van der Waals surface area contributed by atoms with Crippen molar-refractivity contribution >= 4 is 6.03 Å². The van der Waals surface area contributed by atoms with Gasteiger partial charge in [0.1, 0.15) is 0 Å². The Bertz CT molecular complexity index is 176. The molecule has 0 heterocycles. The minimum absolute atomic E-state index is 0.0819. The summed E-state index contributed by atoms with van der Waals surface area (Å²) in [5.41, 5.74) is 0. The molecule has 0 aromatic heterocycles. The molecule has 0 saturated heterocycles. The molecule has 3 nitrogen and oxygen atoms in total. The van der Waals surface area contributed by atoms with Crippen LogP contribution in [0.3, 0.4) is 0 Å². The van der Waals surface area contributed by atoms with Crippen molar-refractivity contribution in [1.29, 1.82) is 0 Å². The largest absolute Gasteiger partial charge is 0.335 e. The topological polar surface area (TPSA) is 32.3 Å². The first-order valence-electron chi connectivity index (χ1n) is 5.11. The average molecular weight is 184 g/mol. The molecule has 2 amide bonds. The van der Waals surface area contributed by atoms with Crippen LogP contribution in [-0.4, -0.2) is 30.6 Å². The molecule has 0 atom stereocenters. The lowest BCUT2D eigenvalue weighted by Gasteiger charge is -2.29. The molecule has 0 aromatic rings. The van der Waals surface area contributed by atoms with Gasteiger partial charge in [-0.15, -0.1) is 0 Å². The molecule has 0 aliphatic heterocycles. The normalized spacial score (nSPS) is 16.9. The monoisotopic (exact) mass is 184 g/mol. The molecule has 1 fully saturated rings. The summed E-state index contributed by atoms with van der Waals surface area (Å²) in [6.45, 7) is 5.07. The second-order valence-corrected chi connectivity index (χ2v) is 4.35. The Kier molecular flexibility index (Phi) is 3.58. The third-order valence-corrected chi connectivity index (χ3v) is 2.42. The van der Waals surface area contributed by atoms with Crippen molar-refractivity contribution < 1.29 is 4.79 Å². The first kappa shape index (κ1) is 10.4. The number of hydrogen-bond acceptors (Lipinski definition) is 1. The van der Waals surface area contributed by atoms with Gasteiger partial charge in [-0.05, 0) is 25.2 Å². The highest BCUT2D eigenvalue weighted by molar-refractivity contribution is 5.74. The van der Waals surface area contributed by atoms with Gasteiger partial charge in [0, 0.05) is 19.6 Å². The number of nitrogens with zero attached hydrogens (tertiary/aromatic N) is 1. The van der Waals surface area contributed by atoms with Gasteiger partial charge in [0.25, 0.3) is 0 Å². The van der Waals surface area contributed by atoms with Crippen LogP contribution in [0.5, 0.6) is 0 Å². The molecule has 3 heteroatoms. The second-order valence-electron chi connectivity index (χ2n) is 4.35. The second kappa shape index (κ2) is 4.49. The van der Waals surface area contributed by atoms with E-state index < -0.39 is 0 Å². The summed E-state index contributed by atoms with van der Waals surface area (Å²) in [4.78, 5) is 13.3. The minimum Gasteiger partial charge on any atom is -0.335 e. The van der Waals surface area contributed by atoms with Crippen molar-refractivity contribution in [2.45, 2.75) is 39.2 Å². The van der Waals surface area contributed by atoms with Crippen LogP contribution < -0.4 is 5.32 Å². The Morgan fingerprint density at radius 1 is 1.54 bits per heavy atom. The van der Waals surface area contributed by atoms with E-state index in [4.69, 9.17) is 0 Å². The summed E-state index contributed by atoms with van der Waals surface area (Å²) < 4.78 is 0. The van der Waals surface area contributed by atoms with E-state index in [0.717, 1.165) is 19.4 Å². The van der Waals surface area contributed by atoms with Crippen LogP contribution in [-0.2, 0) is 0 Å². The van der Waals surface area contributed by atoms with Gasteiger partial charge in [-0.2, -0.15) is 0 Å². The number of rotatable bonds is 3. The molecule has 0 aromatic carbocycles. The van der Waals surface area contributed by atoms with Crippen molar-refractivity contribution in [3.05, 3.63) is 0 Å². The summed E-state index contributed by atoms with van der Waals surface area (Å²) in [5.74, 6) is 0.539. The zero-order chi connectivity index (χ0) is 9.84. The van der Waals surface area contributed by atoms with Crippen molar-refractivity contribution in [2.24, 2.45) is 5.92 Å². The van der Waals surface area contributed by atoms with E-state index in [1.165, 1.54) is 6.42 Å². The Labute approximate surface area is 80.5 Å². The molecular formula is C10H20N2O. The Morgan fingerprint density at radius 3 is 2.54 bits per heavy atom. The van der Waals surface area contributed by atoms with Gasteiger partial charge < -0.3 is 10.2 Å². The fourth-order valence-corrected chi connectivity index (χ4v) is 1.47. The predicted molar refractivity (Wildman–Crippen MR) is 53.6 cm³/mol. The number of hydrogen-bond donors (Lipinski definition) is 1. The molecule has 1 rings (SSSR count). The number of urea groups is 1. The summed E-state index contributed by atoms with van der Waals surface area (Å²) >= 11 is 0. The van der Waals surface area contributed by atoms with Gasteiger partial charge in [0.2, 0.25) is 0 Å². The standard InChI is InChI=1S/C10H20N2O/c1-8(2)7-12(3)10(13)11-9-5-4-6-9/h8-9H,4-7H2,1-3H3,(H,11,13). The number of nitrogens with one attached hydrogen (secondary N) is 1. The maximum Gasteiger partial charge on any atom is 0.317 e. The molecular weight excluding hydrogens is 164 g/mol. The van der Waals surface area contributed by atoms with E-state index in [9.17, 15) is 4.79 Å². The zero-order valence-corrected chi connectivity index (χ0v) is 8.84. The van der Waals surface area contributed by atoms with Gasteiger partial charge in [-0.3, -0.25) is 0 Å². The molecule has 0 radical (unpaired) electrons. The van der Waals surface area contributed by atoms with Crippen LogP contribution in [0.4, 0.5) is 4.79 Å². The SMILES string of the molecule is CC(C)CN(C)C(=O)NC1CCC1. The maximum atomic E-state index is 11.5. The van der Waals surface area contributed by atoms with Gasteiger partial charge in [0.05, 0.1) is 0 Å². The van der Waals surface area contributed by atoms with Crippen LogP contribution in [0, 0.1) is 5.92 Å². The van der Waals surface area contributed by atoms with E-state index in [1.807, 2.05) is 7.05 Å². The van der Waals surface area contributed by atoms with E-state index in [-0.39, 0.29) is 6.03 Å². The highest BCUT2D eigenvalue weighted by atomic mass is 16.2. The van der Waals surface area contributed by atoms with E-state index in [2.05, 4.69) is 19.2 Å². The number of carbonyl (C=O) groups excluding carboxylic acids is 1. The molecule has 13 heavy (non-hydrogen) atoms. The number of carbonyl (C=O) groups is 1. The molecule has 76 valence electrons. The van der Waals surface area contributed by atoms with Gasteiger partial charge in [0.15, 0.2) is 0 Å². The average Bonchev–Trinajstić information content (AvgIpc) is 1.94. The summed E-state index contributed by atoms with van der Waals surface area (Å²) in [7, 11) is 1.86. The molecule has 0 bridgehead atoms. The van der Waals surface area contributed by atoms with Crippen LogP contribution in [0.25, 0.3) is 0 Å². The third-order valence-electron chi connectivity index (χ3n) is 2.42. The van der Waals surface area contributed by atoms with Crippen molar-refractivity contribution in [3.8, 4) is 0 Å². The first-order chi connectivity index (χ1) is 6.09. The number of amides is 2. The fraction of sp³-hybridized carbons (Fsp3) is 0.900. The molecule has 1 aliphatic rings. The predicted octanol–water partition coefficient (Wildman–Crippen LogP) is 1.84. The Hall–Kier alpha value is -0.730. The van der Waals surface area contributed by atoms with Gasteiger partial charge >= 0.3 is 6.03 Å². The van der Waals surface area contributed by atoms with Crippen LogP contribution in [0.1, 0.15) is 33.1 Å². The molecule has 0 unspecified atom stereocenters. The summed E-state index contributed by atoms with van der Waals surface area (Å²) in [6.07, 6.45) is 3.57.